The second-order valence-corrected chi connectivity index (χ2v) is 7.78. The van der Waals surface area contributed by atoms with E-state index in [4.69, 9.17) is 0 Å². The second-order valence-electron chi connectivity index (χ2n) is 7.78. The fourth-order valence-corrected chi connectivity index (χ4v) is 3.59. The number of allylic oxidation sites excluding steroid dienone is 3. The van der Waals surface area contributed by atoms with Gasteiger partial charge in [-0.05, 0) is 64.5 Å². The molecule has 25 heavy (non-hydrogen) atoms. The van der Waals surface area contributed by atoms with Crippen LogP contribution in [0.15, 0.2) is 33.9 Å². The number of hydrogen-bond acceptors (Lipinski definition) is 5. The van der Waals surface area contributed by atoms with Gasteiger partial charge in [0.1, 0.15) is 12.2 Å². The highest BCUT2D eigenvalue weighted by molar-refractivity contribution is 6.24. The number of Topliss-reactive ketones (excluding diaryl/α,β-unsaturated/α-hetero) is 1. The van der Waals surface area contributed by atoms with Crippen LogP contribution in [0.2, 0.25) is 0 Å². The van der Waals surface area contributed by atoms with Gasteiger partial charge < -0.3 is 15.3 Å². The first-order valence-electron chi connectivity index (χ1n) is 8.76. The Morgan fingerprint density at radius 2 is 1.68 bits per heavy atom. The van der Waals surface area contributed by atoms with Crippen molar-refractivity contribution in [1.82, 2.24) is 0 Å². The summed E-state index contributed by atoms with van der Waals surface area (Å²) in [5.74, 6) is -1.14. The third-order valence-corrected chi connectivity index (χ3v) is 5.37. The minimum absolute atomic E-state index is 0.0508. The average molecular weight is 348 g/mol. The quantitative estimate of drug-likeness (QED) is 0.498. The number of rotatable bonds is 1. The Balaban J connectivity index is 2.64. The third-order valence-electron chi connectivity index (χ3n) is 5.37. The maximum Gasteiger partial charge on any atom is 0.191 e. The van der Waals surface area contributed by atoms with Crippen LogP contribution in [0, 0.1) is 5.92 Å². The van der Waals surface area contributed by atoms with E-state index in [1.807, 2.05) is 13.8 Å². The molecule has 0 aliphatic heterocycles. The van der Waals surface area contributed by atoms with E-state index in [0.717, 1.165) is 18.4 Å². The van der Waals surface area contributed by atoms with Crippen LogP contribution in [0.1, 0.15) is 53.9 Å². The molecule has 0 saturated carbocycles. The van der Waals surface area contributed by atoms with Gasteiger partial charge in [-0.2, -0.15) is 0 Å². The highest BCUT2D eigenvalue weighted by Gasteiger charge is 2.41. The van der Waals surface area contributed by atoms with Gasteiger partial charge in [0.25, 0.3) is 0 Å². The van der Waals surface area contributed by atoms with Crippen LogP contribution in [-0.2, 0) is 9.59 Å². The highest BCUT2D eigenvalue weighted by atomic mass is 16.3. The van der Waals surface area contributed by atoms with Crippen molar-refractivity contribution < 1.29 is 24.9 Å². The lowest BCUT2D eigenvalue weighted by Crippen LogP contribution is -2.41. The van der Waals surface area contributed by atoms with E-state index in [1.165, 1.54) is 19.9 Å². The van der Waals surface area contributed by atoms with Gasteiger partial charge in [-0.15, -0.1) is 0 Å². The molecule has 0 amide bonds. The summed E-state index contributed by atoms with van der Waals surface area (Å²) in [4.78, 5) is 25.7. The van der Waals surface area contributed by atoms with Gasteiger partial charge in [0.2, 0.25) is 0 Å². The molecule has 2 aliphatic rings. The van der Waals surface area contributed by atoms with E-state index in [2.05, 4.69) is 0 Å². The van der Waals surface area contributed by atoms with Gasteiger partial charge in [-0.3, -0.25) is 9.59 Å². The Morgan fingerprint density at radius 1 is 1.08 bits per heavy atom. The smallest absolute Gasteiger partial charge is 0.191 e. The van der Waals surface area contributed by atoms with E-state index in [1.54, 1.807) is 6.92 Å². The van der Waals surface area contributed by atoms with Crippen molar-refractivity contribution in [1.29, 1.82) is 0 Å². The summed E-state index contributed by atoms with van der Waals surface area (Å²) in [5, 5.41) is 31.6. The second kappa shape index (κ2) is 6.98. The monoisotopic (exact) mass is 348 g/mol. The van der Waals surface area contributed by atoms with Crippen molar-refractivity contribution in [3.8, 4) is 0 Å². The number of ketones is 2. The van der Waals surface area contributed by atoms with Gasteiger partial charge >= 0.3 is 0 Å². The molecule has 138 valence electrons. The first-order chi connectivity index (χ1) is 11.5. The van der Waals surface area contributed by atoms with Crippen molar-refractivity contribution >= 4 is 11.6 Å². The van der Waals surface area contributed by atoms with Gasteiger partial charge in [0.05, 0.1) is 5.60 Å². The molecular weight excluding hydrogens is 320 g/mol. The molecule has 3 unspecified atom stereocenters. The molecule has 3 N–H and O–H groups in total. The largest absolute Gasteiger partial charge is 0.386 e. The summed E-state index contributed by atoms with van der Waals surface area (Å²) < 4.78 is 0. The molecule has 0 aromatic carbocycles. The number of carbonyl (C=O) groups is 2. The van der Waals surface area contributed by atoms with Crippen molar-refractivity contribution in [2.75, 3.05) is 0 Å². The van der Waals surface area contributed by atoms with Crippen molar-refractivity contribution in [3.05, 3.63) is 33.9 Å². The van der Waals surface area contributed by atoms with Crippen LogP contribution in [0.4, 0.5) is 0 Å². The van der Waals surface area contributed by atoms with Gasteiger partial charge in [-0.25, -0.2) is 0 Å². The predicted molar refractivity (Wildman–Crippen MR) is 94.8 cm³/mol. The number of aliphatic hydroxyl groups excluding tert-OH is 2. The Labute approximate surface area is 148 Å². The van der Waals surface area contributed by atoms with E-state index in [-0.39, 0.29) is 28.4 Å². The van der Waals surface area contributed by atoms with Gasteiger partial charge in [0.15, 0.2) is 11.6 Å². The maximum absolute atomic E-state index is 13.0. The van der Waals surface area contributed by atoms with Crippen LogP contribution in [0.5, 0.6) is 0 Å². The minimum atomic E-state index is -1.50. The van der Waals surface area contributed by atoms with Crippen LogP contribution in [-0.4, -0.2) is 44.7 Å². The summed E-state index contributed by atoms with van der Waals surface area (Å²) in [6, 6.07) is 0. The lowest BCUT2D eigenvalue weighted by atomic mass is 9.74. The zero-order valence-electron chi connectivity index (χ0n) is 15.6. The molecule has 2 rings (SSSR count). The fraction of sp³-hybridized carbons (Fsp3) is 0.600. The molecular formula is C20H28O5. The van der Waals surface area contributed by atoms with Crippen molar-refractivity contribution in [2.45, 2.75) is 71.7 Å². The molecule has 0 aromatic rings. The Kier molecular flexibility index (Phi) is 5.52. The molecule has 0 bridgehead atoms. The summed E-state index contributed by atoms with van der Waals surface area (Å²) in [6.45, 7) is 8.35. The van der Waals surface area contributed by atoms with E-state index in [9.17, 15) is 24.9 Å². The number of aliphatic hydroxyl groups is 3. The topological polar surface area (TPSA) is 94.8 Å². The van der Waals surface area contributed by atoms with E-state index in [0.29, 0.717) is 12.0 Å². The summed E-state index contributed by atoms with van der Waals surface area (Å²) >= 11 is 0. The minimum Gasteiger partial charge on any atom is -0.386 e. The molecule has 0 aromatic heterocycles. The van der Waals surface area contributed by atoms with Crippen molar-refractivity contribution in [2.24, 2.45) is 5.92 Å². The molecule has 0 radical (unpaired) electrons. The highest BCUT2D eigenvalue weighted by Crippen LogP contribution is 2.36. The SMILES string of the molecule is CC1=C(C)C(O)C(O)C2=C(C(=O)C=C(C(C)(C)O)C2=O)C(C)CCC1. The Bertz CT molecular complexity index is 687. The molecule has 2 aliphatic carbocycles. The average Bonchev–Trinajstić information content (AvgIpc) is 2.51. The van der Waals surface area contributed by atoms with Crippen LogP contribution in [0.3, 0.4) is 0 Å². The van der Waals surface area contributed by atoms with Crippen LogP contribution < -0.4 is 0 Å². The summed E-state index contributed by atoms with van der Waals surface area (Å²) in [5.41, 5.74) is 0.236. The molecule has 3 atom stereocenters. The Morgan fingerprint density at radius 3 is 2.24 bits per heavy atom. The fourth-order valence-electron chi connectivity index (χ4n) is 3.59. The van der Waals surface area contributed by atoms with E-state index >= 15 is 0 Å². The lowest BCUT2D eigenvalue weighted by molar-refractivity contribution is -0.119. The molecule has 0 saturated heterocycles. The predicted octanol–water partition coefficient (Wildman–Crippen LogP) is 2.01. The zero-order valence-corrected chi connectivity index (χ0v) is 15.6. The first-order valence-corrected chi connectivity index (χ1v) is 8.76. The maximum atomic E-state index is 13.0. The lowest BCUT2D eigenvalue weighted by Gasteiger charge is -2.33. The molecule has 5 nitrogen and oxygen atoms in total. The van der Waals surface area contributed by atoms with Crippen molar-refractivity contribution in [3.63, 3.8) is 0 Å². The molecule has 0 spiro atoms. The molecule has 5 heteroatoms. The molecule has 0 fully saturated rings. The van der Waals surface area contributed by atoms with Crippen LogP contribution in [0.25, 0.3) is 0 Å². The summed E-state index contributed by atoms with van der Waals surface area (Å²) in [6.07, 6.45) is 0.734. The first kappa shape index (κ1) is 19.8. The number of hydrogen-bond donors (Lipinski definition) is 3. The van der Waals surface area contributed by atoms with Gasteiger partial charge in [-0.1, -0.05) is 12.5 Å². The molecule has 0 heterocycles. The van der Waals surface area contributed by atoms with Gasteiger partial charge in [0, 0.05) is 16.7 Å². The third kappa shape index (κ3) is 3.68. The number of carbonyl (C=O) groups excluding carboxylic acids is 2. The Hall–Kier alpha value is -1.56. The van der Waals surface area contributed by atoms with Crippen LogP contribution >= 0.6 is 0 Å². The van der Waals surface area contributed by atoms with E-state index < -0.39 is 23.6 Å². The standard InChI is InChI=1S/C20H28O5/c1-10-7-6-8-11(2)15-14(21)9-13(20(4,5)25)18(23)16(15)19(24)17(22)12(10)3/h9,11,17,19,22,24-25H,6-8H2,1-5H3. The normalized spacial score (nSPS) is 29.6. The summed E-state index contributed by atoms with van der Waals surface area (Å²) in [7, 11) is 0. The zero-order chi connectivity index (χ0) is 19.1.